The van der Waals surface area contributed by atoms with Crippen LogP contribution in [-0.2, 0) is 10.1 Å². The number of ether oxygens (including phenoxy) is 1. The highest BCUT2D eigenvalue weighted by molar-refractivity contribution is 9.08. The lowest BCUT2D eigenvalue weighted by molar-refractivity contribution is 0.0596. The molecule has 0 saturated heterocycles. The van der Waals surface area contributed by atoms with Crippen LogP contribution >= 0.6 is 28.6 Å². The topological polar surface area (TPSA) is 50.1 Å². The Morgan fingerprint density at radius 3 is 2.80 bits per heavy atom. The number of alkyl halides is 1. The molecule has 0 aliphatic rings. The molecule has 1 aromatic carbocycles. The Morgan fingerprint density at radius 2 is 2.33 bits per heavy atom. The second-order valence-electron chi connectivity index (χ2n) is 2.73. The molecule has 1 aromatic rings. The maximum atomic E-state index is 11.4. The van der Waals surface area contributed by atoms with E-state index < -0.39 is 5.97 Å². The van der Waals surface area contributed by atoms with Crippen molar-refractivity contribution in [3.8, 4) is 6.07 Å². The highest BCUT2D eigenvalue weighted by atomic mass is 79.9. The van der Waals surface area contributed by atoms with Gasteiger partial charge in [0.05, 0.1) is 18.2 Å². The fourth-order valence-corrected chi connectivity index (χ4v) is 2.19. The number of hydrogen-bond donors (Lipinski definition) is 1. The van der Waals surface area contributed by atoms with E-state index in [2.05, 4.69) is 33.3 Å². The second-order valence-corrected chi connectivity index (χ2v) is 3.74. The highest BCUT2D eigenvalue weighted by Gasteiger charge is 2.17. The van der Waals surface area contributed by atoms with Crippen LogP contribution in [0.3, 0.4) is 0 Å². The minimum absolute atomic E-state index is 0.222. The van der Waals surface area contributed by atoms with Gasteiger partial charge in [0.15, 0.2) is 0 Å². The van der Waals surface area contributed by atoms with Gasteiger partial charge in [-0.2, -0.15) is 5.26 Å². The zero-order valence-electron chi connectivity index (χ0n) is 7.95. The molecule has 0 atom stereocenters. The first-order valence-electron chi connectivity index (χ1n) is 4.05. The van der Waals surface area contributed by atoms with Crippen LogP contribution in [0, 0.1) is 11.3 Å². The number of nitriles is 1. The van der Waals surface area contributed by atoms with Crippen LogP contribution in [0.25, 0.3) is 0 Å². The van der Waals surface area contributed by atoms with Crippen LogP contribution in [-0.4, -0.2) is 13.1 Å². The van der Waals surface area contributed by atoms with E-state index in [0.29, 0.717) is 10.2 Å². The lowest BCUT2D eigenvalue weighted by Gasteiger charge is -2.08. The third kappa shape index (κ3) is 2.33. The van der Waals surface area contributed by atoms with Crippen LogP contribution in [0.5, 0.6) is 0 Å². The predicted molar refractivity (Wildman–Crippen MR) is 62.4 cm³/mol. The molecule has 78 valence electrons. The van der Waals surface area contributed by atoms with Crippen LogP contribution in [0.15, 0.2) is 17.0 Å². The molecule has 5 heteroatoms. The van der Waals surface area contributed by atoms with E-state index in [1.165, 1.54) is 7.11 Å². The largest absolute Gasteiger partial charge is 0.465 e. The van der Waals surface area contributed by atoms with Crippen LogP contribution in [0.1, 0.15) is 21.5 Å². The van der Waals surface area contributed by atoms with Gasteiger partial charge in [-0.15, -0.1) is 12.6 Å². The molecule has 0 N–H and O–H groups in total. The highest BCUT2D eigenvalue weighted by Crippen LogP contribution is 2.25. The summed E-state index contributed by atoms with van der Waals surface area (Å²) in [5.41, 5.74) is 1.34. The molecule has 0 unspecified atom stereocenters. The zero-order valence-corrected chi connectivity index (χ0v) is 10.4. The summed E-state index contributed by atoms with van der Waals surface area (Å²) in [6.45, 7) is 0. The SMILES string of the molecule is COC(=O)c1c(C#N)ccc(CBr)c1S. The van der Waals surface area contributed by atoms with E-state index in [9.17, 15) is 4.79 Å². The molecule has 0 heterocycles. The van der Waals surface area contributed by atoms with Crippen molar-refractivity contribution in [2.24, 2.45) is 0 Å². The maximum Gasteiger partial charge on any atom is 0.340 e. The average Bonchev–Trinajstić information content (AvgIpc) is 2.27. The number of carbonyl (C=O) groups is 1. The average molecular weight is 286 g/mol. The van der Waals surface area contributed by atoms with Crippen LogP contribution in [0.2, 0.25) is 0 Å². The van der Waals surface area contributed by atoms with Gasteiger partial charge >= 0.3 is 5.97 Å². The third-order valence-corrected chi connectivity index (χ3v) is 3.03. The van der Waals surface area contributed by atoms with Gasteiger partial charge in [-0.05, 0) is 11.6 Å². The molecular formula is C10H8BrNO2S. The van der Waals surface area contributed by atoms with Gasteiger partial charge in [-0.25, -0.2) is 4.79 Å². The van der Waals surface area contributed by atoms with Crippen molar-refractivity contribution in [2.75, 3.05) is 7.11 Å². The van der Waals surface area contributed by atoms with Gasteiger partial charge in [0.1, 0.15) is 6.07 Å². The minimum Gasteiger partial charge on any atom is -0.465 e. The predicted octanol–water partition coefficient (Wildman–Crippen LogP) is 2.53. The van der Waals surface area contributed by atoms with Crippen molar-refractivity contribution in [1.82, 2.24) is 0 Å². The number of nitrogens with zero attached hydrogens (tertiary/aromatic N) is 1. The fraction of sp³-hybridized carbons (Fsp3) is 0.200. The van der Waals surface area contributed by atoms with Crippen molar-refractivity contribution in [3.05, 3.63) is 28.8 Å². The monoisotopic (exact) mass is 285 g/mol. The maximum absolute atomic E-state index is 11.4. The molecular weight excluding hydrogens is 278 g/mol. The number of methoxy groups -OCH3 is 1. The van der Waals surface area contributed by atoms with Gasteiger partial charge in [0, 0.05) is 10.2 Å². The number of hydrogen-bond acceptors (Lipinski definition) is 4. The van der Waals surface area contributed by atoms with E-state index in [4.69, 9.17) is 5.26 Å². The molecule has 0 aromatic heterocycles. The van der Waals surface area contributed by atoms with Crippen LogP contribution in [0.4, 0.5) is 0 Å². The first-order valence-corrected chi connectivity index (χ1v) is 5.61. The molecule has 0 radical (unpaired) electrons. The smallest absolute Gasteiger partial charge is 0.340 e. The van der Waals surface area contributed by atoms with E-state index >= 15 is 0 Å². The fourth-order valence-electron chi connectivity index (χ4n) is 1.14. The van der Waals surface area contributed by atoms with Crippen molar-refractivity contribution < 1.29 is 9.53 Å². The summed E-state index contributed by atoms with van der Waals surface area (Å²) in [7, 11) is 1.28. The summed E-state index contributed by atoms with van der Waals surface area (Å²) in [6, 6.07) is 5.28. The summed E-state index contributed by atoms with van der Waals surface area (Å²) in [5, 5.41) is 9.42. The van der Waals surface area contributed by atoms with Gasteiger partial charge < -0.3 is 4.74 Å². The quantitative estimate of drug-likeness (QED) is 0.516. The molecule has 0 fully saturated rings. The van der Waals surface area contributed by atoms with E-state index in [1.807, 2.05) is 6.07 Å². The number of benzene rings is 1. The van der Waals surface area contributed by atoms with Crippen LogP contribution < -0.4 is 0 Å². The lowest BCUT2D eigenvalue weighted by atomic mass is 10.1. The standard InChI is InChI=1S/C10H8BrNO2S/c1-14-10(13)8-7(5-12)3-2-6(4-11)9(8)15/h2-3,15H,4H2,1H3. The molecule has 0 amide bonds. The van der Waals surface area contributed by atoms with E-state index in [1.54, 1.807) is 12.1 Å². The molecule has 15 heavy (non-hydrogen) atoms. The molecule has 0 saturated carbocycles. The van der Waals surface area contributed by atoms with Gasteiger partial charge in [-0.3, -0.25) is 0 Å². The normalized spacial score (nSPS) is 9.47. The Labute approximate surface area is 102 Å². The summed E-state index contributed by atoms with van der Waals surface area (Å²) in [5.74, 6) is -0.542. The minimum atomic E-state index is -0.542. The number of halogens is 1. The van der Waals surface area contributed by atoms with Crippen molar-refractivity contribution in [3.63, 3.8) is 0 Å². The van der Waals surface area contributed by atoms with Gasteiger partial charge in [0.2, 0.25) is 0 Å². The molecule has 3 nitrogen and oxygen atoms in total. The Bertz CT molecular complexity index is 440. The molecule has 0 aliphatic carbocycles. The van der Waals surface area contributed by atoms with E-state index in [0.717, 1.165) is 5.56 Å². The van der Waals surface area contributed by atoms with Gasteiger partial charge in [-0.1, -0.05) is 22.0 Å². The molecule has 0 bridgehead atoms. The number of carbonyl (C=O) groups excluding carboxylic acids is 1. The number of rotatable bonds is 2. The molecule has 0 aliphatic heterocycles. The van der Waals surface area contributed by atoms with Crippen molar-refractivity contribution in [2.45, 2.75) is 10.2 Å². The van der Waals surface area contributed by atoms with Gasteiger partial charge in [0.25, 0.3) is 0 Å². The summed E-state index contributed by atoms with van der Waals surface area (Å²) in [4.78, 5) is 11.9. The Kier molecular flexibility index (Phi) is 4.18. The Hall–Kier alpha value is -0.990. The summed E-state index contributed by atoms with van der Waals surface area (Å²) in [6.07, 6.45) is 0. The van der Waals surface area contributed by atoms with E-state index in [-0.39, 0.29) is 11.1 Å². The molecule has 1 rings (SSSR count). The first-order chi connectivity index (χ1) is 7.15. The van der Waals surface area contributed by atoms with Crippen molar-refractivity contribution in [1.29, 1.82) is 5.26 Å². The third-order valence-electron chi connectivity index (χ3n) is 1.92. The Morgan fingerprint density at radius 1 is 1.67 bits per heavy atom. The molecule has 0 spiro atoms. The lowest BCUT2D eigenvalue weighted by Crippen LogP contribution is -2.07. The first kappa shape index (κ1) is 12.1. The number of esters is 1. The Balaban J connectivity index is 3.44. The summed E-state index contributed by atoms with van der Waals surface area (Å²) < 4.78 is 4.60. The van der Waals surface area contributed by atoms with Crippen molar-refractivity contribution >= 4 is 34.5 Å². The number of thiol groups is 1. The zero-order chi connectivity index (χ0) is 11.4. The second kappa shape index (κ2) is 5.19. The summed E-state index contributed by atoms with van der Waals surface area (Å²) >= 11 is 7.50.